The molecule has 0 spiro atoms. The van der Waals surface area contributed by atoms with Gasteiger partial charge in [-0.15, -0.1) is 0 Å². The molecule has 2 aromatic rings. The first-order valence-corrected chi connectivity index (χ1v) is 12.0. The summed E-state index contributed by atoms with van der Waals surface area (Å²) in [7, 11) is -3.35. The van der Waals surface area contributed by atoms with Gasteiger partial charge < -0.3 is 9.64 Å². The van der Waals surface area contributed by atoms with E-state index in [0.717, 1.165) is 5.56 Å². The second kappa shape index (κ2) is 8.70. The molecule has 1 aliphatic rings. The molecule has 7 nitrogen and oxygen atoms in total. The van der Waals surface area contributed by atoms with Gasteiger partial charge in [0.25, 0.3) is 0 Å². The Labute approximate surface area is 183 Å². The second-order valence-corrected chi connectivity index (χ2v) is 10.2. The number of benzene rings is 2. The lowest BCUT2D eigenvalue weighted by Gasteiger charge is -2.40. The van der Waals surface area contributed by atoms with Crippen molar-refractivity contribution in [3.05, 3.63) is 42.5 Å². The fraction of sp³-hybridized carbons (Fsp3) is 0.391. The average molecular weight is 445 g/mol. The molecule has 2 aromatic carbocycles. The molecular weight excluding hydrogens is 416 g/mol. The Kier molecular flexibility index (Phi) is 6.40. The number of sulfone groups is 1. The van der Waals surface area contributed by atoms with E-state index in [0.29, 0.717) is 23.5 Å². The van der Waals surface area contributed by atoms with Crippen LogP contribution in [0.1, 0.15) is 34.6 Å². The van der Waals surface area contributed by atoms with Gasteiger partial charge in [-0.3, -0.25) is 9.69 Å². The molecule has 2 amide bonds. The van der Waals surface area contributed by atoms with Crippen molar-refractivity contribution in [3.8, 4) is 11.1 Å². The molecule has 0 saturated carbocycles. The van der Waals surface area contributed by atoms with E-state index in [9.17, 15) is 18.0 Å². The van der Waals surface area contributed by atoms with Gasteiger partial charge in [-0.1, -0.05) is 25.1 Å². The van der Waals surface area contributed by atoms with Crippen molar-refractivity contribution in [1.82, 2.24) is 0 Å². The second-order valence-electron chi connectivity index (χ2n) is 7.92. The van der Waals surface area contributed by atoms with Crippen molar-refractivity contribution < 1.29 is 22.7 Å². The molecule has 1 aliphatic heterocycles. The highest BCUT2D eigenvalue weighted by molar-refractivity contribution is 7.91. The van der Waals surface area contributed by atoms with E-state index in [4.69, 9.17) is 4.74 Å². The fourth-order valence-corrected chi connectivity index (χ4v) is 4.68. The number of amides is 2. The predicted octanol–water partition coefficient (Wildman–Crippen LogP) is 4.25. The Balaban J connectivity index is 2.13. The van der Waals surface area contributed by atoms with Crippen molar-refractivity contribution in [1.29, 1.82) is 0 Å². The van der Waals surface area contributed by atoms with Crippen LogP contribution in [0.25, 0.3) is 11.1 Å². The van der Waals surface area contributed by atoms with Crippen molar-refractivity contribution in [3.63, 3.8) is 0 Å². The maximum Gasteiger partial charge on any atom is 0.414 e. The van der Waals surface area contributed by atoms with Gasteiger partial charge in [0.2, 0.25) is 5.91 Å². The van der Waals surface area contributed by atoms with Crippen LogP contribution >= 0.6 is 0 Å². The van der Waals surface area contributed by atoms with Crippen LogP contribution in [0.2, 0.25) is 0 Å². The number of carbonyl (C=O) groups is 2. The van der Waals surface area contributed by atoms with E-state index in [2.05, 4.69) is 0 Å². The summed E-state index contributed by atoms with van der Waals surface area (Å²) < 4.78 is 30.0. The third-order valence-electron chi connectivity index (χ3n) is 5.22. The van der Waals surface area contributed by atoms with Crippen LogP contribution in [-0.2, 0) is 19.4 Å². The summed E-state index contributed by atoms with van der Waals surface area (Å²) in [4.78, 5) is 28.5. The Hall–Kier alpha value is -2.87. The zero-order valence-electron chi connectivity index (χ0n) is 18.5. The number of carbonyl (C=O) groups excluding carboxylic acids is 2. The first-order chi connectivity index (χ1) is 14.5. The normalized spacial score (nSPS) is 16.3. The molecule has 166 valence electrons. The third kappa shape index (κ3) is 4.58. The maximum absolute atomic E-state index is 12.8. The van der Waals surface area contributed by atoms with Crippen LogP contribution in [-0.4, -0.2) is 44.9 Å². The van der Waals surface area contributed by atoms with Crippen molar-refractivity contribution >= 4 is 33.2 Å². The molecule has 0 radical (unpaired) electrons. The molecular formula is C23H28N2O5S. The minimum atomic E-state index is -3.35. The molecule has 0 bridgehead atoms. The van der Waals surface area contributed by atoms with Crippen LogP contribution in [0, 0.1) is 0 Å². The molecule has 0 aliphatic carbocycles. The van der Waals surface area contributed by atoms with Gasteiger partial charge in [0.05, 0.1) is 34.2 Å². The first-order valence-electron chi connectivity index (χ1n) is 10.3. The van der Waals surface area contributed by atoms with Gasteiger partial charge in [-0.2, -0.15) is 0 Å². The Morgan fingerprint density at radius 2 is 1.77 bits per heavy atom. The predicted molar refractivity (Wildman–Crippen MR) is 121 cm³/mol. The van der Waals surface area contributed by atoms with Crippen LogP contribution < -0.4 is 9.80 Å². The summed E-state index contributed by atoms with van der Waals surface area (Å²) in [5.74, 6) is -0.101. The van der Waals surface area contributed by atoms with Crippen molar-refractivity contribution in [2.45, 2.75) is 51.7 Å². The molecule has 8 heteroatoms. The fourth-order valence-electron chi connectivity index (χ4n) is 3.76. The average Bonchev–Trinajstić information content (AvgIpc) is 2.72. The molecule has 1 atom stereocenters. The monoisotopic (exact) mass is 444 g/mol. The van der Waals surface area contributed by atoms with E-state index in [1.807, 2.05) is 19.1 Å². The summed E-state index contributed by atoms with van der Waals surface area (Å²) in [6, 6.07) is 11.9. The van der Waals surface area contributed by atoms with Gasteiger partial charge in [0.1, 0.15) is 0 Å². The van der Waals surface area contributed by atoms with Gasteiger partial charge in [-0.05, 0) is 56.2 Å². The lowest BCUT2D eigenvalue weighted by atomic mass is 10.0. The number of hydrogen-bond acceptors (Lipinski definition) is 5. The molecule has 1 heterocycles. The number of anilines is 2. The quantitative estimate of drug-likeness (QED) is 0.704. The van der Waals surface area contributed by atoms with E-state index >= 15 is 0 Å². The van der Waals surface area contributed by atoms with Gasteiger partial charge in [-0.25, -0.2) is 13.2 Å². The molecule has 3 rings (SSSR count). The van der Waals surface area contributed by atoms with Gasteiger partial charge >= 0.3 is 6.09 Å². The SMILES string of the molecule is CCS(=O)(=O)c1cccc(-c2ccc3c(c2)N(C(=O)OC(C)C)CC(C)N3C(C)=O)c1. The summed E-state index contributed by atoms with van der Waals surface area (Å²) in [5.41, 5.74) is 2.63. The first kappa shape index (κ1) is 22.8. The summed E-state index contributed by atoms with van der Waals surface area (Å²) in [6.45, 7) is 8.85. The van der Waals surface area contributed by atoms with E-state index in [1.165, 1.54) is 11.8 Å². The Morgan fingerprint density at radius 1 is 1.10 bits per heavy atom. The number of nitrogens with zero attached hydrogens (tertiary/aromatic N) is 2. The summed E-state index contributed by atoms with van der Waals surface area (Å²) in [5, 5.41) is 0. The topological polar surface area (TPSA) is 84.0 Å². The molecule has 31 heavy (non-hydrogen) atoms. The van der Waals surface area contributed by atoms with Crippen LogP contribution in [0.4, 0.5) is 16.2 Å². The molecule has 0 fully saturated rings. The molecule has 0 saturated heterocycles. The van der Waals surface area contributed by atoms with Gasteiger partial charge in [0, 0.05) is 13.5 Å². The summed E-state index contributed by atoms with van der Waals surface area (Å²) >= 11 is 0. The maximum atomic E-state index is 12.8. The molecule has 0 N–H and O–H groups in total. The van der Waals surface area contributed by atoms with E-state index < -0.39 is 15.9 Å². The third-order valence-corrected chi connectivity index (χ3v) is 6.95. The zero-order chi connectivity index (χ0) is 22.9. The van der Waals surface area contributed by atoms with Gasteiger partial charge in [0.15, 0.2) is 9.84 Å². The highest BCUT2D eigenvalue weighted by Crippen LogP contribution is 2.39. The molecule has 0 aromatic heterocycles. The van der Waals surface area contributed by atoms with Crippen molar-refractivity contribution in [2.75, 3.05) is 22.1 Å². The number of ether oxygens (including phenoxy) is 1. The zero-order valence-corrected chi connectivity index (χ0v) is 19.3. The Bertz CT molecular complexity index is 1110. The largest absolute Gasteiger partial charge is 0.446 e. The highest BCUT2D eigenvalue weighted by Gasteiger charge is 2.34. The minimum Gasteiger partial charge on any atom is -0.446 e. The molecule has 1 unspecified atom stereocenters. The van der Waals surface area contributed by atoms with Crippen LogP contribution in [0.5, 0.6) is 0 Å². The smallest absolute Gasteiger partial charge is 0.414 e. The standard InChI is InChI=1S/C23H28N2O5S/c1-6-31(28,29)20-9-7-8-18(12-20)19-10-11-21-22(13-19)24(23(27)30-15(2)3)14-16(4)25(21)17(5)26/h7-13,15-16H,6,14H2,1-5H3. The minimum absolute atomic E-state index is 0.0148. The Morgan fingerprint density at radius 3 is 2.39 bits per heavy atom. The lowest BCUT2D eigenvalue weighted by molar-refractivity contribution is -0.117. The van der Waals surface area contributed by atoms with E-state index in [1.54, 1.807) is 56.0 Å². The number of rotatable bonds is 4. The number of hydrogen-bond donors (Lipinski definition) is 0. The number of fused-ring (bicyclic) bond motifs is 1. The van der Waals surface area contributed by atoms with Crippen molar-refractivity contribution in [2.24, 2.45) is 0 Å². The summed E-state index contributed by atoms with van der Waals surface area (Å²) in [6.07, 6.45) is -0.762. The van der Waals surface area contributed by atoms with Crippen LogP contribution in [0.3, 0.4) is 0 Å². The lowest BCUT2D eigenvalue weighted by Crippen LogP contribution is -2.51. The highest BCUT2D eigenvalue weighted by atomic mass is 32.2. The van der Waals surface area contributed by atoms with Crippen LogP contribution in [0.15, 0.2) is 47.4 Å². The van der Waals surface area contributed by atoms with E-state index in [-0.39, 0.29) is 28.7 Å².